The van der Waals surface area contributed by atoms with Crippen molar-refractivity contribution in [2.24, 2.45) is 16.0 Å². The molecule has 2 fully saturated rings. The number of halogens is 1. The van der Waals surface area contributed by atoms with Crippen molar-refractivity contribution in [3.63, 3.8) is 0 Å². The predicted molar refractivity (Wildman–Crippen MR) is 109 cm³/mol. The fourth-order valence-electron chi connectivity index (χ4n) is 3.31. The summed E-state index contributed by atoms with van der Waals surface area (Å²) in [6.45, 7) is 4.18. The van der Waals surface area contributed by atoms with E-state index in [1.807, 2.05) is 11.8 Å². The molecule has 1 unspecified atom stereocenters. The molecule has 1 atom stereocenters. The Labute approximate surface area is 167 Å². The number of carbonyl (C=O) groups excluding carboxylic acids is 1. The first-order valence-corrected chi connectivity index (χ1v) is 10.4. The minimum atomic E-state index is -3.51. The number of nitrogens with zero attached hydrogens (tertiary/aromatic N) is 2. The number of likely N-dealkylation sites (tertiary alicyclic amines) is 1. The number of nitrogens with one attached hydrogen (secondary N) is 2. The summed E-state index contributed by atoms with van der Waals surface area (Å²) in [4.78, 5) is 18.6. The van der Waals surface area contributed by atoms with E-state index in [4.69, 9.17) is 5.14 Å². The minimum absolute atomic E-state index is 0. The number of sulfonamides is 1. The van der Waals surface area contributed by atoms with Crippen molar-refractivity contribution in [1.29, 1.82) is 0 Å². The molecule has 10 heteroatoms. The number of hydrogen-bond acceptors (Lipinski definition) is 4. The molecule has 2 aliphatic rings. The minimum Gasteiger partial charge on any atom is -0.357 e. The first kappa shape index (κ1) is 22.4. The summed E-state index contributed by atoms with van der Waals surface area (Å²) in [6.07, 6.45) is 5.23. The van der Waals surface area contributed by atoms with E-state index in [2.05, 4.69) is 15.6 Å². The largest absolute Gasteiger partial charge is 0.357 e. The zero-order valence-electron chi connectivity index (χ0n) is 14.7. The highest BCUT2D eigenvalue weighted by atomic mass is 127. The van der Waals surface area contributed by atoms with Crippen molar-refractivity contribution in [1.82, 2.24) is 15.5 Å². The lowest BCUT2D eigenvalue weighted by molar-refractivity contribution is -0.134. The molecule has 146 valence electrons. The molecule has 0 aromatic rings. The van der Waals surface area contributed by atoms with Gasteiger partial charge >= 0.3 is 0 Å². The number of aliphatic imine (C=N–C) groups is 1. The third-order valence-electron chi connectivity index (χ3n) is 4.54. The van der Waals surface area contributed by atoms with Crippen molar-refractivity contribution in [2.75, 3.05) is 31.9 Å². The second-order valence-electron chi connectivity index (χ2n) is 6.52. The smallest absolute Gasteiger partial charge is 0.225 e. The van der Waals surface area contributed by atoms with Gasteiger partial charge in [-0.15, -0.1) is 24.0 Å². The molecule has 2 rings (SSSR count). The number of primary sulfonamides is 1. The molecule has 0 bridgehead atoms. The van der Waals surface area contributed by atoms with Crippen LogP contribution in [0.15, 0.2) is 4.99 Å². The summed E-state index contributed by atoms with van der Waals surface area (Å²) < 4.78 is 22.0. The number of guanidine groups is 1. The SMILES string of the molecule is CCNC(=NCCS(N)(=O)=O)NC1CCN(C(=O)C2CCCC2)C1.I. The van der Waals surface area contributed by atoms with E-state index in [9.17, 15) is 13.2 Å². The second-order valence-corrected chi connectivity index (χ2v) is 8.26. The maximum Gasteiger partial charge on any atom is 0.225 e. The zero-order chi connectivity index (χ0) is 17.6. The van der Waals surface area contributed by atoms with Crippen LogP contribution in [0.4, 0.5) is 0 Å². The van der Waals surface area contributed by atoms with Gasteiger partial charge in [0.2, 0.25) is 15.9 Å². The molecule has 4 N–H and O–H groups in total. The van der Waals surface area contributed by atoms with Crippen LogP contribution in [0.1, 0.15) is 39.0 Å². The maximum absolute atomic E-state index is 12.5. The lowest BCUT2D eigenvalue weighted by Crippen LogP contribution is -2.45. The Morgan fingerprint density at radius 2 is 1.96 bits per heavy atom. The number of amides is 1. The van der Waals surface area contributed by atoms with E-state index in [1.165, 1.54) is 0 Å². The molecule has 1 heterocycles. The van der Waals surface area contributed by atoms with E-state index >= 15 is 0 Å². The highest BCUT2D eigenvalue weighted by Crippen LogP contribution is 2.27. The fraction of sp³-hybridized carbons (Fsp3) is 0.867. The van der Waals surface area contributed by atoms with Gasteiger partial charge < -0.3 is 15.5 Å². The fourth-order valence-corrected chi connectivity index (χ4v) is 3.65. The normalized spacial score (nSPS) is 21.9. The molecule has 25 heavy (non-hydrogen) atoms. The summed E-state index contributed by atoms with van der Waals surface area (Å²) in [6, 6.07) is 0.141. The van der Waals surface area contributed by atoms with Crippen LogP contribution < -0.4 is 15.8 Å². The molecule has 0 aromatic carbocycles. The van der Waals surface area contributed by atoms with Crippen LogP contribution in [0, 0.1) is 5.92 Å². The average Bonchev–Trinajstić information content (AvgIpc) is 3.17. The van der Waals surface area contributed by atoms with Crippen molar-refractivity contribution < 1.29 is 13.2 Å². The molecule has 1 saturated heterocycles. The average molecular weight is 487 g/mol. The third-order valence-corrected chi connectivity index (χ3v) is 5.29. The first-order chi connectivity index (χ1) is 11.4. The van der Waals surface area contributed by atoms with Crippen LogP contribution in [0.2, 0.25) is 0 Å². The van der Waals surface area contributed by atoms with Gasteiger partial charge in [-0.25, -0.2) is 13.6 Å². The quantitative estimate of drug-likeness (QED) is 0.282. The Morgan fingerprint density at radius 1 is 1.28 bits per heavy atom. The molecule has 1 saturated carbocycles. The van der Waals surface area contributed by atoms with Gasteiger partial charge in [-0.3, -0.25) is 9.79 Å². The monoisotopic (exact) mass is 487 g/mol. The van der Waals surface area contributed by atoms with Gasteiger partial charge in [-0.1, -0.05) is 12.8 Å². The van der Waals surface area contributed by atoms with E-state index in [0.717, 1.165) is 38.6 Å². The molecule has 1 aliphatic carbocycles. The van der Waals surface area contributed by atoms with Gasteiger partial charge in [0.05, 0.1) is 12.3 Å². The van der Waals surface area contributed by atoms with Gasteiger partial charge in [-0.05, 0) is 26.2 Å². The molecule has 0 spiro atoms. The van der Waals surface area contributed by atoms with Gasteiger partial charge in [0.1, 0.15) is 0 Å². The highest BCUT2D eigenvalue weighted by molar-refractivity contribution is 14.0. The summed E-state index contributed by atoms with van der Waals surface area (Å²) in [5.74, 6) is 0.885. The van der Waals surface area contributed by atoms with E-state index in [-0.39, 0.29) is 54.1 Å². The number of nitrogens with two attached hydrogens (primary N) is 1. The first-order valence-electron chi connectivity index (χ1n) is 8.73. The third kappa shape index (κ3) is 7.65. The van der Waals surface area contributed by atoms with Crippen molar-refractivity contribution in [3.05, 3.63) is 0 Å². The topological polar surface area (TPSA) is 117 Å². The Balaban J connectivity index is 0.00000312. The van der Waals surface area contributed by atoms with E-state index in [1.54, 1.807) is 0 Å². The second kappa shape index (κ2) is 10.5. The standard InChI is InChI=1S/C15H29N5O3S.HI/c1-2-17-15(18-8-10-24(16,22)23)19-13-7-9-20(11-13)14(21)12-5-3-4-6-12;/h12-13H,2-11H2,1H3,(H2,16,22,23)(H2,17,18,19);1H. The Kier molecular flexibility index (Phi) is 9.43. The summed E-state index contributed by atoms with van der Waals surface area (Å²) >= 11 is 0. The van der Waals surface area contributed by atoms with Gasteiger partial charge in [0, 0.05) is 31.6 Å². The van der Waals surface area contributed by atoms with Gasteiger partial charge in [0.15, 0.2) is 5.96 Å². The maximum atomic E-state index is 12.5. The lowest BCUT2D eigenvalue weighted by Gasteiger charge is -2.21. The molecule has 8 nitrogen and oxygen atoms in total. The van der Waals surface area contributed by atoms with Crippen LogP contribution in [0.5, 0.6) is 0 Å². The lowest BCUT2D eigenvalue weighted by atomic mass is 10.1. The van der Waals surface area contributed by atoms with E-state index in [0.29, 0.717) is 19.0 Å². The number of hydrogen-bond donors (Lipinski definition) is 3. The Hall–Kier alpha value is -0.620. The van der Waals surface area contributed by atoms with Crippen LogP contribution >= 0.6 is 24.0 Å². The Bertz CT molecular complexity index is 564. The molecule has 0 radical (unpaired) electrons. The van der Waals surface area contributed by atoms with Gasteiger partial charge in [0.25, 0.3) is 0 Å². The molecular formula is C15H30IN5O3S. The predicted octanol–water partition coefficient (Wildman–Crippen LogP) is 0.239. The molecule has 1 amide bonds. The van der Waals surface area contributed by atoms with Crippen LogP contribution in [0.25, 0.3) is 0 Å². The van der Waals surface area contributed by atoms with Gasteiger partial charge in [-0.2, -0.15) is 0 Å². The molecular weight excluding hydrogens is 457 g/mol. The summed E-state index contributed by atoms with van der Waals surface area (Å²) in [7, 11) is -3.51. The Morgan fingerprint density at radius 3 is 2.56 bits per heavy atom. The van der Waals surface area contributed by atoms with Crippen molar-refractivity contribution >= 4 is 45.9 Å². The number of rotatable bonds is 6. The van der Waals surface area contributed by atoms with Crippen molar-refractivity contribution in [2.45, 2.75) is 45.1 Å². The molecule has 0 aromatic heterocycles. The van der Waals surface area contributed by atoms with Crippen LogP contribution in [-0.4, -0.2) is 63.2 Å². The van der Waals surface area contributed by atoms with E-state index < -0.39 is 10.0 Å². The molecule has 1 aliphatic heterocycles. The number of carbonyl (C=O) groups is 1. The van der Waals surface area contributed by atoms with Crippen molar-refractivity contribution in [3.8, 4) is 0 Å². The highest BCUT2D eigenvalue weighted by Gasteiger charge is 2.32. The van der Waals surface area contributed by atoms with Crippen LogP contribution in [-0.2, 0) is 14.8 Å². The van der Waals surface area contributed by atoms with Crippen LogP contribution in [0.3, 0.4) is 0 Å². The zero-order valence-corrected chi connectivity index (χ0v) is 17.9. The summed E-state index contributed by atoms with van der Waals surface area (Å²) in [5, 5.41) is 11.4. The summed E-state index contributed by atoms with van der Waals surface area (Å²) in [5.41, 5.74) is 0.